The smallest absolute Gasteiger partial charge is 0.168 e. The van der Waals surface area contributed by atoms with Crippen molar-refractivity contribution >= 4 is 11.5 Å². The van der Waals surface area contributed by atoms with E-state index in [-0.39, 0.29) is 30.2 Å². The number of aliphatic hydroxyl groups is 1. The molecule has 3 atom stereocenters. The third-order valence-electron chi connectivity index (χ3n) is 4.72. The van der Waals surface area contributed by atoms with Crippen molar-refractivity contribution in [2.24, 2.45) is 17.0 Å². The van der Waals surface area contributed by atoms with Crippen LogP contribution < -0.4 is 0 Å². The maximum Gasteiger partial charge on any atom is 0.168 e. The highest BCUT2D eigenvalue weighted by Crippen LogP contribution is 2.35. The zero-order valence-corrected chi connectivity index (χ0v) is 14.8. The molecule has 0 amide bonds. The Labute approximate surface area is 144 Å². The number of carbonyl (C=O) groups is 1. The molecular weight excluding hydrogens is 306 g/mol. The highest BCUT2D eigenvalue weighted by molar-refractivity contribution is 6.23. The van der Waals surface area contributed by atoms with E-state index in [0.717, 1.165) is 25.9 Å². The molecule has 3 unspecified atom stereocenters. The quantitative estimate of drug-likeness (QED) is 0.331. The van der Waals surface area contributed by atoms with Crippen LogP contribution in [0.25, 0.3) is 0 Å². The summed E-state index contributed by atoms with van der Waals surface area (Å²) in [7, 11) is 0. The molecule has 2 aliphatic rings. The maximum absolute atomic E-state index is 12.7. The van der Waals surface area contributed by atoms with Crippen LogP contribution in [0.1, 0.15) is 52.4 Å². The van der Waals surface area contributed by atoms with E-state index in [4.69, 9.17) is 9.57 Å². The molecule has 1 heterocycles. The molecule has 1 saturated heterocycles. The van der Waals surface area contributed by atoms with Crippen molar-refractivity contribution in [1.82, 2.24) is 0 Å². The lowest BCUT2D eigenvalue weighted by atomic mass is 9.78. The minimum absolute atomic E-state index is 0.0556. The summed E-state index contributed by atoms with van der Waals surface area (Å²) in [6, 6.07) is 0. The van der Waals surface area contributed by atoms with Gasteiger partial charge < -0.3 is 14.7 Å². The van der Waals surface area contributed by atoms with Crippen molar-refractivity contribution in [2.45, 2.75) is 58.5 Å². The van der Waals surface area contributed by atoms with Crippen molar-refractivity contribution < 1.29 is 19.5 Å². The van der Waals surface area contributed by atoms with Gasteiger partial charge in [-0.25, -0.2) is 0 Å². The van der Waals surface area contributed by atoms with Gasteiger partial charge in [-0.05, 0) is 31.1 Å². The van der Waals surface area contributed by atoms with Crippen LogP contribution in [0.2, 0.25) is 0 Å². The van der Waals surface area contributed by atoms with Crippen LogP contribution in [0.4, 0.5) is 0 Å². The van der Waals surface area contributed by atoms with E-state index in [1.165, 1.54) is 0 Å². The van der Waals surface area contributed by atoms with Crippen molar-refractivity contribution in [2.75, 3.05) is 13.2 Å². The molecule has 0 aromatic carbocycles. The first-order chi connectivity index (χ1) is 11.6. The molecule has 0 aromatic heterocycles. The van der Waals surface area contributed by atoms with E-state index in [2.05, 4.69) is 18.7 Å². The Hall–Kier alpha value is -1.62. The molecule has 1 aliphatic heterocycles. The lowest BCUT2D eigenvalue weighted by Gasteiger charge is -2.35. The monoisotopic (exact) mass is 335 g/mol. The summed E-state index contributed by atoms with van der Waals surface area (Å²) in [5.41, 5.74) is 0.888. The van der Waals surface area contributed by atoms with Gasteiger partial charge in [0, 0.05) is 19.4 Å². The Morgan fingerprint density at radius 2 is 2.29 bits per heavy atom. The summed E-state index contributed by atoms with van der Waals surface area (Å²) in [6.45, 7) is 8.82. The van der Waals surface area contributed by atoms with E-state index in [1.54, 1.807) is 6.08 Å². The fourth-order valence-electron chi connectivity index (χ4n) is 3.47. The van der Waals surface area contributed by atoms with Gasteiger partial charge >= 0.3 is 0 Å². The molecule has 134 valence electrons. The maximum atomic E-state index is 12.7. The molecule has 1 N–H and O–H groups in total. The van der Waals surface area contributed by atoms with E-state index >= 15 is 0 Å². The topological polar surface area (TPSA) is 68.1 Å². The van der Waals surface area contributed by atoms with Crippen molar-refractivity contribution in [3.05, 3.63) is 24.0 Å². The van der Waals surface area contributed by atoms with Gasteiger partial charge in [0.15, 0.2) is 5.78 Å². The molecule has 0 spiro atoms. The first kappa shape index (κ1) is 18.7. The first-order valence-electron chi connectivity index (χ1n) is 8.93. The second kappa shape index (κ2) is 9.02. The molecule has 0 bridgehead atoms. The lowest BCUT2D eigenvalue weighted by Crippen LogP contribution is -2.36. The van der Waals surface area contributed by atoms with Crippen molar-refractivity contribution in [3.8, 4) is 0 Å². The molecule has 5 nitrogen and oxygen atoms in total. The van der Waals surface area contributed by atoms with Crippen molar-refractivity contribution in [1.29, 1.82) is 0 Å². The molecule has 1 fully saturated rings. The number of ketones is 1. The first-order valence-corrected chi connectivity index (χ1v) is 8.93. The van der Waals surface area contributed by atoms with Gasteiger partial charge in [0.05, 0.1) is 17.4 Å². The van der Waals surface area contributed by atoms with Gasteiger partial charge in [-0.1, -0.05) is 38.1 Å². The number of nitrogens with zero attached hydrogens (tertiary/aromatic N) is 1. The molecule has 5 heteroatoms. The average Bonchev–Trinajstić information content (AvgIpc) is 2.54. The molecule has 2 rings (SSSR count). The molecule has 0 saturated carbocycles. The number of aliphatic hydroxyl groups excluding tert-OH is 1. The molecule has 0 aromatic rings. The van der Waals surface area contributed by atoms with Crippen LogP contribution >= 0.6 is 0 Å². The number of ether oxygens (including phenoxy) is 1. The number of oxime groups is 1. The Kier molecular flexibility index (Phi) is 7.03. The van der Waals surface area contributed by atoms with E-state index in [9.17, 15) is 9.90 Å². The van der Waals surface area contributed by atoms with Gasteiger partial charge in [0.1, 0.15) is 12.4 Å². The van der Waals surface area contributed by atoms with Gasteiger partial charge in [-0.15, -0.1) is 0 Å². The Morgan fingerprint density at radius 1 is 1.50 bits per heavy atom. The number of Topliss-reactive ketones (excluding diaryl/α,β-unsaturated/α-hetero) is 1. The highest BCUT2D eigenvalue weighted by atomic mass is 16.6. The van der Waals surface area contributed by atoms with Crippen LogP contribution in [0, 0.1) is 11.8 Å². The van der Waals surface area contributed by atoms with Crippen LogP contribution in [-0.2, 0) is 14.4 Å². The summed E-state index contributed by atoms with van der Waals surface area (Å²) < 4.78 is 5.86. The van der Waals surface area contributed by atoms with Gasteiger partial charge in [-0.3, -0.25) is 4.79 Å². The fourth-order valence-corrected chi connectivity index (χ4v) is 3.47. The predicted molar refractivity (Wildman–Crippen MR) is 94.0 cm³/mol. The number of hydrogen-bond acceptors (Lipinski definition) is 5. The zero-order chi connectivity index (χ0) is 17.5. The van der Waals surface area contributed by atoms with Gasteiger partial charge in [0.2, 0.25) is 0 Å². The van der Waals surface area contributed by atoms with Crippen molar-refractivity contribution in [3.63, 3.8) is 0 Å². The van der Waals surface area contributed by atoms with Gasteiger partial charge in [0.25, 0.3) is 0 Å². The van der Waals surface area contributed by atoms with Crippen LogP contribution in [0.5, 0.6) is 0 Å². The Morgan fingerprint density at radius 3 is 2.92 bits per heavy atom. The fraction of sp³-hybridized carbons (Fsp3) is 0.684. The minimum Gasteiger partial charge on any atom is -0.511 e. The van der Waals surface area contributed by atoms with Crippen LogP contribution in [0.3, 0.4) is 0 Å². The standard InChI is InChI=1S/C19H29NO4/c1-4-6-15(20-24-8-5-2)19-16(21)11-14(12-17(19)22)18-10-13(3)7-9-23-18/h5,13-14,18,21H,2,4,6-12H2,1,3H3/b20-15+. The zero-order valence-electron chi connectivity index (χ0n) is 14.8. The van der Waals surface area contributed by atoms with Crippen LogP contribution in [0.15, 0.2) is 29.1 Å². The van der Waals surface area contributed by atoms with Gasteiger partial charge in [-0.2, -0.15) is 0 Å². The Balaban J connectivity index is 2.15. The normalized spacial score (nSPS) is 28.8. The molecular formula is C19H29NO4. The number of carbonyl (C=O) groups excluding carboxylic acids is 1. The number of allylic oxidation sites excluding steroid dienone is 2. The third-order valence-corrected chi connectivity index (χ3v) is 4.72. The summed E-state index contributed by atoms with van der Waals surface area (Å²) in [5.74, 6) is 0.740. The third kappa shape index (κ3) is 4.69. The van der Waals surface area contributed by atoms with E-state index < -0.39 is 0 Å². The Bertz CT molecular complexity index is 523. The molecule has 0 radical (unpaired) electrons. The summed E-state index contributed by atoms with van der Waals surface area (Å²) >= 11 is 0. The second-order valence-electron chi connectivity index (χ2n) is 6.82. The van der Waals surface area contributed by atoms with Crippen LogP contribution in [-0.4, -0.2) is 35.9 Å². The largest absolute Gasteiger partial charge is 0.511 e. The second-order valence-corrected chi connectivity index (χ2v) is 6.82. The summed E-state index contributed by atoms with van der Waals surface area (Å²) in [6.07, 6.45) is 5.99. The minimum atomic E-state index is -0.0556. The predicted octanol–water partition coefficient (Wildman–Crippen LogP) is 3.95. The van der Waals surface area contributed by atoms with E-state index in [0.29, 0.717) is 36.5 Å². The summed E-state index contributed by atoms with van der Waals surface area (Å²) in [4.78, 5) is 17.8. The molecule has 24 heavy (non-hydrogen) atoms. The number of rotatable bonds is 7. The molecule has 1 aliphatic carbocycles. The average molecular weight is 335 g/mol. The van der Waals surface area contributed by atoms with E-state index in [1.807, 2.05) is 6.92 Å². The highest BCUT2D eigenvalue weighted by Gasteiger charge is 2.36. The SMILES string of the molecule is C=CCO/N=C(\CCC)C1=C(O)CC(C2CC(C)CCO2)CC1=O. The summed E-state index contributed by atoms with van der Waals surface area (Å²) in [5, 5.41) is 14.6. The number of hydrogen-bond donors (Lipinski definition) is 1. The lowest BCUT2D eigenvalue weighted by molar-refractivity contribution is -0.120.